The molecule has 20 heavy (non-hydrogen) atoms. The summed E-state index contributed by atoms with van der Waals surface area (Å²) >= 11 is 0. The van der Waals surface area contributed by atoms with Crippen molar-refractivity contribution in [3.63, 3.8) is 0 Å². The van der Waals surface area contributed by atoms with Gasteiger partial charge in [-0.15, -0.1) is 0 Å². The Morgan fingerprint density at radius 1 is 1.50 bits per heavy atom. The Bertz CT molecular complexity index is 445. The summed E-state index contributed by atoms with van der Waals surface area (Å²) < 4.78 is 10.7. The summed E-state index contributed by atoms with van der Waals surface area (Å²) in [5.74, 6) is -0.0660. The number of carboxylic acids is 1. The molecule has 1 aromatic carbocycles. The van der Waals surface area contributed by atoms with E-state index in [9.17, 15) is 4.79 Å². The molecule has 110 valence electrons. The van der Waals surface area contributed by atoms with Crippen LogP contribution in [-0.2, 0) is 16.1 Å². The molecule has 5 heteroatoms. The fraction of sp³-hybridized carbons (Fsp3) is 0.533. The first-order chi connectivity index (χ1) is 9.69. The van der Waals surface area contributed by atoms with Gasteiger partial charge in [-0.25, -0.2) is 0 Å². The minimum atomic E-state index is -0.811. The van der Waals surface area contributed by atoms with Crippen molar-refractivity contribution in [1.82, 2.24) is 5.32 Å². The zero-order chi connectivity index (χ0) is 14.4. The van der Waals surface area contributed by atoms with Gasteiger partial charge in [-0.2, -0.15) is 0 Å². The molecule has 0 amide bonds. The SMILES string of the molecule is COCc1cccc(OCCC(NC2CC2)C(=O)O)c1. The Morgan fingerprint density at radius 3 is 2.95 bits per heavy atom. The van der Waals surface area contributed by atoms with E-state index < -0.39 is 12.0 Å². The van der Waals surface area contributed by atoms with Gasteiger partial charge in [0.05, 0.1) is 13.2 Å². The fourth-order valence-electron chi connectivity index (χ4n) is 2.00. The summed E-state index contributed by atoms with van der Waals surface area (Å²) in [6.45, 7) is 0.922. The fourth-order valence-corrected chi connectivity index (χ4v) is 2.00. The Balaban J connectivity index is 1.78. The molecule has 0 aliphatic heterocycles. The van der Waals surface area contributed by atoms with Gasteiger partial charge in [-0.05, 0) is 30.5 Å². The van der Waals surface area contributed by atoms with Crippen LogP contribution < -0.4 is 10.1 Å². The molecular formula is C15H21NO4. The van der Waals surface area contributed by atoms with Gasteiger partial charge in [-0.3, -0.25) is 4.79 Å². The number of hydrogen-bond acceptors (Lipinski definition) is 4. The summed E-state index contributed by atoms with van der Waals surface area (Å²) in [5, 5.41) is 12.2. The molecule has 1 aliphatic rings. The van der Waals surface area contributed by atoms with Crippen molar-refractivity contribution in [1.29, 1.82) is 0 Å². The lowest BCUT2D eigenvalue weighted by molar-refractivity contribution is -0.139. The van der Waals surface area contributed by atoms with Crippen molar-refractivity contribution in [2.75, 3.05) is 13.7 Å². The molecular weight excluding hydrogens is 258 g/mol. The first-order valence-electron chi connectivity index (χ1n) is 6.88. The normalized spacial score (nSPS) is 15.8. The highest BCUT2D eigenvalue weighted by Crippen LogP contribution is 2.20. The van der Waals surface area contributed by atoms with Gasteiger partial charge in [0.25, 0.3) is 0 Å². The van der Waals surface area contributed by atoms with E-state index in [1.165, 1.54) is 0 Å². The molecule has 2 rings (SSSR count). The van der Waals surface area contributed by atoms with Crippen LogP contribution in [0.25, 0.3) is 0 Å². The second kappa shape index (κ2) is 7.26. The molecule has 0 aromatic heterocycles. The van der Waals surface area contributed by atoms with Crippen molar-refractivity contribution in [2.45, 2.75) is 38.0 Å². The van der Waals surface area contributed by atoms with Crippen LogP contribution in [0.15, 0.2) is 24.3 Å². The van der Waals surface area contributed by atoms with E-state index >= 15 is 0 Å². The van der Waals surface area contributed by atoms with Crippen molar-refractivity contribution < 1.29 is 19.4 Å². The van der Waals surface area contributed by atoms with Crippen LogP contribution in [0.5, 0.6) is 5.75 Å². The van der Waals surface area contributed by atoms with Crippen LogP contribution >= 0.6 is 0 Å². The van der Waals surface area contributed by atoms with Crippen molar-refractivity contribution >= 4 is 5.97 Å². The molecule has 0 radical (unpaired) electrons. The first-order valence-corrected chi connectivity index (χ1v) is 6.88. The third-order valence-electron chi connectivity index (χ3n) is 3.20. The lowest BCUT2D eigenvalue weighted by Gasteiger charge is -2.14. The maximum absolute atomic E-state index is 11.1. The molecule has 1 unspecified atom stereocenters. The van der Waals surface area contributed by atoms with E-state index in [1.807, 2.05) is 24.3 Å². The zero-order valence-corrected chi connectivity index (χ0v) is 11.7. The summed E-state index contributed by atoms with van der Waals surface area (Å²) in [7, 11) is 1.65. The molecule has 1 fully saturated rings. The summed E-state index contributed by atoms with van der Waals surface area (Å²) in [6.07, 6.45) is 2.60. The molecule has 0 heterocycles. The lowest BCUT2D eigenvalue weighted by Crippen LogP contribution is -2.39. The van der Waals surface area contributed by atoms with E-state index in [0.717, 1.165) is 24.2 Å². The van der Waals surface area contributed by atoms with Gasteiger partial charge in [0.2, 0.25) is 0 Å². The maximum Gasteiger partial charge on any atom is 0.320 e. The highest BCUT2D eigenvalue weighted by atomic mass is 16.5. The van der Waals surface area contributed by atoms with Gasteiger partial charge >= 0.3 is 5.97 Å². The Kier molecular flexibility index (Phi) is 5.38. The van der Waals surface area contributed by atoms with Gasteiger partial charge < -0.3 is 19.9 Å². The molecule has 1 aliphatic carbocycles. The van der Waals surface area contributed by atoms with Gasteiger partial charge in [0.1, 0.15) is 11.8 Å². The molecule has 1 aromatic rings. The van der Waals surface area contributed by atoms with Gasteiger partial charge in [0, 0.05) is 19.6 Å². The van der Waals surface area contributed by atoms with E-state index in [0.29, 0.717) is 25.7 Å². The highest BCUT2D eigenvalue weighted by Gasteiger charge is 2.27. The number of ether oxygens (including phenoxy) is 2. The number of rotatable bonds is 9. The third-order valence-corrected chi connectivity index (χ3v) is 3.20. The number of carboxylic acid groups (broad SMARTS) is 1. The second-order valence-corrected chi connectivity index (χ2v) is 5.05. The molecule has 1 atom stereocenters. The minimum Gasteiger partial charge on any atom is -0.494 e. The van der Waals surface area contributed by atoms with E-state index in [2.05, 4.69) is 5.32 Å². The number of nitrogens with one attached hydrogen (secondary N) is 1. The van der Waals surface area contributed by atoms with Crippen LogP contribution in [0, 0.1) is 0 Å². The van der Waals surface area contributed by atoms with Crippen molar-refractivity contribution in [3.8, 4) is 5.75 Å². The third kappa shape index (κ3) is 4.83. The van der Waals surface area contributed by atoms with Crippen LogP contribution in [0.2, 0.25) is 0 Å². The zero-order valence-electron chi connectivity index (χ0n) is 11.7. The topological polar surface area (TPSA) is 67.8 Å². The van der Waals surface area contributed by atoms with Crippen LogP contribution in [-0.4, -0.2) is 36.9 Å². The Labute approximate surface area is 118 Å². The van der Waals surface area contributed by atoms with E-state index in [4.69, 9.17) is 14.6 Å². The van der Waals surface area contributed by atoms with Gasteiger partial charge in [-0.1, -0.05) is 12.1 Å². The molecule has 0 spiro atoms. The minimum absolute atomic E-state index is 0.376. The monoisotopic (exact) mass is 279 g/mol. The number of carbonyl (C=O) groups is 1. The highest BCUT2D eigenvalue weighted by molar-refractivity contribution is 5.73. The van der Waals surface area contributed by atoms with E-state index in [1.54, 1.807) is 7.11 Å². The Morgan fingerprint density at radius 2 is 2.30 bits per heavy atom. The predicted octanol–water partition coefficient (Wildman–Crippen LogP) is 1.81. The standard InChI is InChI=1S/C15H21NO4/c1-19-10-11-3-2-4-13(9-11)20-8-7-14(15(17)18)16-12-5-6-12/h2-4,9,12,14,16H,5-8,10H2,1H3,(H,17,18). The summed E-state index contributed by atoms with van der Waals surface area (Å²) in [6, 6.07) is 7.49. The largest absolute Gasteiger partial charge is 0.494 e. The second-order valence-electron chi connectivity index (χ2n) is 5.05. The number of hydrogen-bond donors (Lipinski definition) is 2. The van der Waals surface area contributed by atoms with Crippen LogP contribution in [0.4, 0.5) is 0 Å². The average Bonchev–Trinajstić information content (AvgIpc) is 3.22. The molecule has 2 N–H and O–H groups in total. The number of methoxy groups -OCH3 is 1. The maximum atomic E-state index is 11.1. The number of aliphatic carboxylic acids is 1. The van der Waals surface area contributed by atoms with E-state index in [-0.39, 0.29) is 0 Å². The molecule has 0 saturated heterocycles. The predicted molar refractivity (Wildman–Crippen MR) is 74.8 cm³/mol. The quantitative estimate of drug-likeness (QED) is 0.721. The smallest absolute Gasteiger partial charge is 0.320 e. The molecule has 0 bridgehead atoms. The van der Waals surface area contributed by atoms with Crippen LogP contribution in [0.1, 0.15) is 24.8 Å². The average molecular weight is 279 g/mol. The lowest BCUT2D eigenvalue weighted by atomic mass is 10.2. The molecule has 5 nitrogen and oxygen atoms in total. The molecule has 1 saturated carbocycles. The van der Waals surface area contributed by atoms with Gasteiger partial charge in [0.15, 0.2) is 0 Å². The summed E-state index contributed by atoms with van der Waals surface area (Å²) in [5.41, 5.74) is 1.04. The Hall–Kier alpha value is -1.59. The van der Waals surface area contributed by atoms with Crippen LogP contribution in [0.3, 0.4) is 0 Å². The van der Waals surface area contributed by atoms with Crippen molar-refractivity contribution in [2.24, 2.45) is 0 Å². The summed E-state index contributed by atoms with van der Waals surface area (Å²) in [4.78, 5) is 11.1. The van der Waals surface area contributed by atoms with Crippen molar-refractivity contribution in [3.05, 3.63) is 29.8 Å². The first kappa shape index (κ1) is 14.8. The number of benzene rings is 1.